The summed E-state index contributed by atoms with van der Waals surface area (Å²) in [6.45, 7) is 0. The maximum atomic E-state index is 4.48. The first-order valence-electron chi connectivity index (χ1n) is 6.75. The number of hydrogen-bond acceptors (Lipinski definition) is 1. The zero-order valence-electron chi connectivity index (χ0n) is 11.0. The van der Waals surface area contributed by atoms with Gasteiger partial charge in [-0.2, -0.15) is 0 Å². The van der Waals surface area contributed by atoms with Crippen molar-refractivity contribution >= 4 is 21.5 Å². The summed E-state index contributed by atoms with van der Waals surface area (Å²) < 4.78 is 0. The molecule has 4 rings (SSSR count). The molecule has 0 saturated heterocycles. The molecule has 20 heavy (non-hydrogen) atoms. The molecule has 1 heteroatoms. The molecule has 0 aliphatic heterocycles. The lowest BCUT2D eigenvalue weighted by Gasteiger charge is -2.08. The highest BCUT2D eigenvalue weighted by molar-refractivity contribution is 6.11. The Kier molecular flexibility index (Phi) is 2.49. The molecule has 0 N–H and O–H groups in total. The van der Waals surface area contributed by atoms with Gasteiger partial charge in [0.15, 0.2) is 0 Å². The molecule has 1 heterocycles. The van der Waals surface area contributed by atoms with Gasteiger partial charge in [-0.25, -0.2) is 0 Å². The highest BCUT2D eigenvalue weighted by atomic mass is 14.7. The lowest BCUT2D eigenvalue weighted by atomic mass is 9.97. The zero-order chi connectivity index (χ0) is 13.4. The normalized spacial score (nSPS) is 11.0. The number of hydrogen-bond donors (Lipinski definition) is 0. The first-order valence-corrected chi connectivity index (χ1v) is 6.75. The van der Waals surface area contributed by atoms with E-state index in [4.69, 9.17) is 0 Å². The van der Waals surface area contributed by atoms with E-state index < -0.39 is 0 Å². The van der Waals surface area contributed by atoms with Gasteiger partial charge in [0.25, 0.3) is 0 Å². The fourth-order valence-corrected chi connectivity index (χ4v) is 2.79. The summed E-state index contributed by atoms with van der Waals surface area (Å²) in [5.41, 5.74) is 2.21. The Morgan fingerprint density at radius 3 is 2.30 bits per heavy atom. The lowest BCUT2D eigenvalue weighted by molar-refractivity contribution is 1.33. The second-order valence-electron chi connectivity index (χ2n) is 4.90. The molecule has 1 aromatic heterocycles. The minimum atomic E-state index is 1.02. The van der Waals surface area contributed by atoms with E-state index in [0.29, 0.717) is 0 Å². The predicted octanol–water partition coefficient (Wildman–Crippen LogP) is 5.06. The monoisotopic (exact) mass is 255 g/mol. The van der Waals surface area contributed by atoms with E-state index in [1.54, 1.807) is 0 Å². The number of nitrogens with zero attached hydrogens (tertiary/aromatic N) is 1. The molecule has 0 unspecified atom stereocenters. The summed E-state index contributed by atoms with van der Waals surface area (Å²) in [7, 11) is 0. The third-order valence-corrected chi connectivity index (χ3v) is 3.73. The highest BCUT2D eigenvalue weighted by Crippen LogP contribution is 2.31. The molecule has 0 fully saturated rings. The van der Waals surface area contributed by atoms with Crippen LogP contribution in [0, 0.1) is 0 Å². The number of aromatic nitrogens is 1. The Bertz CT molecular complexity index is 895. The topological polar surface area (TPSA) is 12.9 Å². The average Bonchev–Trinajstić information content (AvgIpc) is 2.55. The van der Waals surface area contributed by atoms with Crippen molar-refractivity contribution in [3.8, 4) is 11.3 Å². The SMILES string of the molecule is c1ccc(-c2cccc3c2ccc2ccccc23)nc1. The van der Waals surface area contributed by atoms with Crippen LogP contribution in [0.15, 0.2) is 79.0 Å². The van der Waals surface area contributed by atoms with Crippen LogP contribution in [0.2, 0.25) is 0 Å². The van der Waals surface area contributed by atoms with E-state index in [2.05, 4.69) is 65.6 Å². The van der Waals surface area contributed by atoms with Gasteiger partial charge in [0.1, 0.15) is 0 Å². The van der Waals surface area contributed by atoms with Gasteiger partial charge in [-0.05, 0) is 33.7 Å². The van der Waals surface area contributed by atoms with E-state index in [9.17, 15) is 0 Å². The first kappa shape index (κ1) is 11.2. The molecule has 3 aromatic carbocycles. The largest absolute Gasteiger partial charge is 0.256 e. The van der Waals surface area contributed by atoms with Crippen LogP contribution in [-0.4, -0.2) is 4.98 Å². The van der Waals surface area contributed by atoms with Crippen molar-refractivity contribution in [2.24, 2.45) is 0 Å². The van der Waals surface area contributed by atoms with Crippen LogP contribution in [0.3, 0.4) is 0 Å². The maximum absolute atomic E-state index is 4.48. The summed E-state index contributed by atoms with van der Waals surface area (Å²) in [6.07, 6.45) is 1.84. The molecule has 94 valence electrons. The lowest BCUT2D eigenvalue weighted by Crippen LogP contribution is -1.85. The average molecular weight is 255 g/mol. The zero-order valence-corrected chi connectivity index (χ0v) is 11.0. The number of pyridine rings is 1. The van der Waals surface area contributed by atoms with Crippen molar-refractivity contribution in [3.05, 3.63) is 79.0 Å². The Hall–Kier alpha value is -2.67. The van der Waals surface area contributed by atoms with Gasteiger partial charge in [-0.3, -0.25) is 4.98 Å². The van der Waals surface area contributed by atoms with Gasteiger partial charge in [-0.15, -0.1) is 0 Å². The van der Waals surface area contributed by atoms with Crippen LogP contribution in [0.25, 0.3) is 32.8 Å². The van der Waals surface area contributed by atoms with Gasteiger partial charge >= 0.3 is 0 Å². The van der Waals surface area contributed by atoms with Crippen molar-refractivity contribution in [2.75, 3.05) is 0 Å². The molecule has 0 spiro atoms. The molecular weight excluding hydrogens is 242 g/mol. The fraction of sp³-hybridized carbons (Fsp3) is 0. The summed E-state index contributed by atoms with van der Waals surface area (Å²) in [5.74, 6) is 0. The Balaban J connectivity index is 2.12. The van der Waals surface area contributed by atoms with Crippen LogP contribution in [0.1, 0.15) is 0 Å². The molecule has 0 aliphatic rings. The standard InChI is InChI=1S/C19H13N/c1-2-7-15-14(6-1)11-12-17-16(15)8-5-9-18(17)19-10-3-4-13-20-19/h1-13H. The van der Waals surface area contributed by atoms with Crippen molar-refractivity contribution in [2.45, 2.75) is 0 Å². The summed E-state index contributed by atoms with van der Waals surface area (Å²) in [5, 5.41) is 5.11. The van der Waals surface area contributed by atoms with Gasteiger partial charge in [0.2, 0.25) is 0 Å². The van der Waals surface area contributed by atoms with Crippen LogP contribution in [0.5, 0.6) is 0 Å². The summed E-state index contributed by atoms with van der Waals surface area (Å²) in [4.78, 5) is 4.48. The molecule has 0 saturated carbocycles. The fourth-order valence-electron chi connectivity index (χ4n) is 2.79. The van der Waals surface area contributed by atoms with Gasteiger partial charge < -0.3 is 0 Å². The summed E-state index contributed by atoms with van der Waals surface area (Å²) >= 11 is 0. The van der Waals surface area contributed by atoms with E-state index in [0.717, 1.165) is 5.69 Å². The van der Waals surface area contributed by atoms with Crippen molar-refractivity contribution in [3.63, 3.8) is 0 Å². The second-order valence-corrected chi connectivity index (χ2v) is 4.90. The quantitative estimate of drug-likeness (QED) is 0.433. The van der Waals surface area contributed by atoms with Gasteiger partial charge in [0.05, 0.1) is 5.69 Å². The Morgan fingerprint density at radius 2 is 1.40 bits per heavy atom. The molecule has 0 radical (unpaired) electrons. The van der Waals surface area contributed by atoms with E-state index in [1.165, 1.54) is 27.1 Å². The molecule has 1 nitrogen and oxygen atoms in total. The van der Waals surface area contributed by atoms with Gasteiger partial charge in [0, 0.05) is 11.8 Å². The van der Waals surface area contributed by atoms with Crippen molar-refractivity contribution in [1.82, 2.24) is 4.98 Å². The van der Waals surface area contributed by atoms with E-state index in [-0.39, 0.29) is 0 Å². The Morgan fingerprint density at radius 1 is 0.550 bits per heavy atom. The summed E-state index contributed by atoms with van der Waals surface area (Å²) in [6, 6.07) is 25.4. The first-order chi connectivity index (χ1) is 9.93. The maximum Gasteiger partial charge on any atom is 0.0708 e. The van der Waals surface area contributed by atoms with Crippen molar-refractivity contribution < 1.29 is 0 Å². The minimum absolute atomic E-state index is 1.02. The van der Waals surface area contributed by atoms with Crippen LogP contribution in [0.4, 0.5) is 0 Å². The Labute approximate surface area is 117 Å². The van der Waals surface area contributed by atoms with E-state index >= 15 is 0 Å². The minimum Gasteiger partial charge on any atom is -0.256 e. The molecule has 4 aromatic rings. The van der Waals surface area contributed by atoms with Crippen molar-refractivity contribution in [1.29, 1.82) is 0 Å². The van der Waals surface area contributed by atoms with Crippen LogP contribution >= 0.6 is 0 Å². The highest BCUT2D eigenvalue weighted by Gasteiger charge is 2.06. The number of fused-ring (bicyclic) bond motifs is 3. The molecule has 0 atom stereocenters. The molecule has 0 bridgehead atoms. The van der Waals surface area contributed by atoms with Crippen LogP contribution in [-0.2, 0) is 0 Å². The molecule has 0 amide bonds. The van der Waals surface area contributed by atoms with Crippen LogP contribution < -0.4 is 0 Å². The molecule has 0 aliphatic carbocycles. The molecular formula is C19H13N. The number of rotatable bonds is 1. The third-order valence-electron chi connectivity index (χ3n) is 3.73. The van der Waals surface area contributed by atoms with E-state index in [1.807, 2.05) is 18.3 Å². The third kappa shape index (κ3) is 1.68. The smallest absolute Gasteiger partial charge is 0.0708 e. The second kappa shape index (κ2) is 4.46. The number of benzene rings is 3. The van der Waals surface area contributed by atoms with Gasteiger partial charge in [-0.1, -0.05) is 60.7 Å². The predicted molar refractivity (Wildman–Crippen MR) is 84.7 cm³/mol.